The Morgan fingerprint density at radius 3 is 2.18 bits per heavy atom. The van der Waals surface area contributed by atoms with Crippen molar-refractivity contribution in [2.24, 2.45) is 0 Å². The second kappa shape index (κ2) is 9.33. The summed E-state index contributed by atoms with van der Waals surface area (Å²) in [4.78, 5) is 26.9. The van der Waals surface area contributed by atoms with Gasteiger partial charge in [0.2, 0.25) is 0 Å². The van der Waals surface area contributed by atoms with Gasteiger partial charge in [0.25, 0.3) is 5.91 Å². The van der Waals surface area contributed by atoms with Crippen LogP contribution in [0.1, 0.15) is 46.6 Å². The third kappa shape index (κ3) is 4.27. The second-order valence-corrected chi connectivity index (χ2v) is 8.13. The summed E-state index contributed by atoms with van der Waals surface area (Å²) in [5.74, 6) is 0.0175. The lowest BCUT2D eigenvalue weighted by Crippen LogP contribution is -2.27. The average molecular weight is 441 g/mol. The maximum atomic E-state index is 13.7. The number of hydrogen-bond acceptors (Lipinski definition) is 3. The highest BCUT2D eigenvalue weighted by molar-refractivity contribution is 6.08. The molecule has 0 saturated carbocycles. The van der Waals surface area contributed by atoms with Crippen LogP contribution in [0.5, 0.6) is 0 Å². The van der Waals surface area contributed by atoms with E-state index >= 15 is 0 Å². The lowest BCUT2D eigenvalue weighted by atomic mass is 10.0. The van der Waals surface area contributed by atoms with Gasteiger partial charge in [0, 0.05) is 23.1 Å². The Labute approximate surface area is 193 Å². The summed E-state index contributed by atoms with van der Waals surface area (Å²) >= 11 is 0. The van der Waals surface area contributed by atoms with Gasteiger partial charge in [-0.2, -0.15) is 0 Å². The third-order valence-corrected chi connectivity index (χ3v) is 5.91. The van der Waals surface area contributed by atoms with Gasteiger partial charge in [-0.15, -0.1) is 0 Å². The normalized spacial score (nSPS) is 10.9. The minimum absolute atomic E-state index is 0.0593. The first-order chi connectivity index (χ1) is 15.9. The van der Waals surface area contributed by atoms with Crippen molar-refractivity contribution in [2.45, 2.75) is 40.5 Å². The first-order valence-electron chi connectivity index (χ1n) is 11.2. The predicted molar refractivity (Wildman–Crippen MR) is 132 cm³/mol. The molecule has 4 aromatic rings. The van der Waals surface area contributed by atoms with Crippen LogP contribution in [0.3, 0.4) is 0 Å². The second-order valence-electron chi connectivity index (χ2n) is 8.13. The van der Waals surface area contributed by atoms with Crippen molar-refractivity contribution in [3.8, 4) is 17.1 Å². The monoisotopic (exact) mass is 440 g/mol. The summed E-state index contributed by atoms with van der Waals surface area (Å²) in [6.45, 7) is 7.98. The lowest BCUT2D eigenvalue weighted by Gasteiger charge is -2.20. The summed E-state index contributed by atoms with van der Waals surface area (Å²) < 4.78 is 7.61. The number of pyridine rings is 1. The van der Waals surface area contributed by atoms with Gasteiger partial charge in [0.1, 0.15) is 11.3 Å². The highest BCUT2D eigenvalue weighted by Gasteiger charge is 2.25. The molecule has 5 heteroatoms. The number of anilines is 1. The smallest absolute Gasteiger partial charge is 0.261 e. The maximum absolute atomic E-state index is 13.7. The fraction of sp³-hybridized carbons (Fsp3) is 0.214. The Morgan fingerprint density at radius 2 is 1.61 bits per heavy atom. The predicted octanol–water partition coefficient (Wildman–Crippen LogP) is 6.09. The molecule has 168 valence electrons. The van der Waals surface area contributed by atoms with Gasteiger partial charge in [-0.1, -0.05) is 49.7 Å². The van der Waals surface area contributed by atoms with E-state index in [0.717, 1.165) is 46.6 Å². The molecule has 0 aliphatic rings. The number of benzene rings is 2. The molecule has 0 saturated heterocycles. The molecule has 0 bridgehead atoms. The minimum atomic E-state index is -0.442. The molecule has 5 nitrogen and oxygen atoms in total. The summed E-state index contributed by atoms with van der Waals surface area (Å²) in [6.07, 6.45) is 3.09. The average Bonchev–Trinajstić information content (AvgIpc) is 3.34. The highest BCUT2D eigenvalue weighted by Crippen LogP contribution is 2.29. The fourth-order valence-electron chi connectivity index (χ4n) is 4.20. The van der Waals surface area contributed by atoms with E-state index in [4.69, 9.17) is 4.42 Å². The number of hydrogen-bond donors (Lipinski definition) is 1. The van der Waals surface area contributed by atoms with Crippen LogP contribution in [0, 0.1) is 13.8 Å². The molecule has 4 rings (SSSR count). The molecule has 0 spiro atoms. The van der Waals surface area contributed by atoms with Gasteiger partial charge in [-0.25, -0.2) is 0 Å². The number of nitrogens with zero attached hydrogens (tertiary/aromatic N) is 1. The lowest BCUT2D eigenvalue weighted by molar-refractivity contribution is 0.102. The standard InChI is InChI=1S/C28H28N2O3/c1-5-20-9-7-10-21(6-2)26(20)29-28(32)25-23(31)17-19(4)30(22-14-12-18(3)13-15-22)27(25)24-11-8-16-33-24/h7-17H,5-6H2,1-4H3,(H,29,32). The highest BCUT2D eigenvalue weighted by atomic mass is 16.3. The Balaban J connectivity index is 1.94. The number of rotatable bonds is 6. The number of amides is 1. The molecule has 0 atom stereocenters. The van der Waals surface area contributed by atoms with E-state index in [9.17, 15) is 9.59 Å². The van der Waals surface area contributed by atoms with Gasteiger partial charge >= 0.3 is 0 Å². The molecule has 2 aromatic heterocycles. The summed E-state index contributed by atoms with van der Waals surface area (Å²) in [5, 5.41) is 3.05. The quantitative estimate of drug-likeness (QED) is 0.394. The van der Waals surface area contributed by atoms with Gasteiger partial charge in [-0.3, -0.25) is 9.59 Å². The van der Waals surface area contributed by atoms with Crippen molar-refractivity contribution < 1.29 is 9.21 Å². The zero-order chi connectivity index (χ0) is 23.5. The van der Waals surface area contributed by atoms with Crippen LogP contribution in [0.2, 0.25) is 0 Å². The number of para-hydroxylation sites is 1. The van der Waals surface area contributed by atoms with E-state index in [-0.39, 0.29) is 11.0 Å². The molecule has 0 aliphatic heterocycles. The third-order valence-electron chi connectivity index (χ3n) is 5.91. The van der Waals surface area contributed by atoms with E-state index in [0.29, 0.717) is 11.5 Å². The van der Waals surface area contributed by atoms with Crippen LogP contribution in [-0.4, -0.2) is 10.5 Å². The molecule has 0 fully saturated rings. The summed E-state index contributed by atoms with van der Waals surface area (Å²) in [7, 11) is 0. The van der Waals surface area contributed by atoms with Crippen molar-refractivity contribution in [3.05, 3.63) is 105 Å². The Hall–Kier alpha value is -3.86. The van der Waals surface area contributed by atoms with Crippen LogP contribution in [0.4, 0.5) is 5.69 Å². The van der Waals surface area contributed by atoms with E-state index < -0.39 is 5.91 Å². The van der Waals surface area contributed by atoms with Crippen LogP contribution >= 0.6 is 0 Å². The molecule has 2 heterocycles. The van der Waals surface area contributed by atoms with Crippen LogP contribution in [0.15, 0.2) is 76.1 Å². The van der Waals surface area contributed by atoms with Crippen LogP contribution in [0.25, 0.3) is 17.1 Å². The number of nitrogens with one attached hydrogen (secondary N) is 1. The van der Waals surface area contributed by atoms with Gasteiger partial charge in [0.05, 0.1) is 6.26 Å². The van der Waals surface area contributed by atoms with Gasteiger partial charge in [-0.05, 0) is 62.1 Å². The van der Waals surface area contributed by atoms with Crippen molar-refractivity contribution >= 4 is 11.6 Å². The zero-order valence-corrected chi connectivity index (χ0v) is 19.4. The Kier molecular flexibility index (Phi) is 6.31. The summed E-state index contributed by atoms with van der Waals surface area (Å²) in [6, 6.07) is 19.0. The van der Waals surface area contributed by atoms with Gasteiger partial charge in [0.15, 0.2) is 11.2 Å². The molecule has 0 unspecified atom stereocenters. The number of carbonyl (C=O) groups is 1. The van der Waals surface area contributed by atoms with Gasteiger partial charge < -0.3 is 14.3 Å². The minimum Gasteiger partial charge on any atom is -0.463 e. The number of aryl methyl sites for hydroxylation is 4. The van der Waals surface area contributed by atoms with E-state index in [1.54, 1.807) is 18.4 Å². The van der Waals surface area contributed by atoms with Crippen molar-refractivity contribution in [1.82, 2.24) is 4.57 Å². The molecule has 33 heavy (non-hydrogen) atoms. The van der Waals surface area contributed by atoms with Crippen LogP contribution < -0.4 is 10.7 Å². The largest absolute Gasteiger partial charge is 0.463 e. The van der Waals surface area contributed by atoms with Crippen molar-refractivity contribution in [1.29, 1.82) is 0 Å². The summed E-state index contributed by atoms with van der Waals surface area (Å²) in [5.41, 5.74) is 5.70. The van der Waals surface area contributed by atoms with Crippen molar-refractivity contribution in [3.63, 3.8) is 0 Å². The molecular weight excluding hydrogens is 412 g/mol. The molecular formula is C28H28N2O3. The zero-order valence-electron chi connectivity index (χ0n) is 19.4. The molecule has 1 N–H and O–H groups in total. The van der Waals surface area contributed by atoms with E-state index in [1.165, 1.54) is 6.07 Å². The molecule has 0 aliphatic carbocycles. The first-order valence-corrected chi connectivity index (χ1v) is 11.2. The Bertz CT molecular complexity index is 1330. The topological polar surface area (TPSA) is 64.2 Å². The molecule has 0 radical (unpaired) electrons. The maximum Gasteiger partial charge on any atom is 0.261 e. The molecule has 2 aromatic carbocycles. The molecule has 1 amide bonds. The number of aromatic nitrogens is 1. The van der Waals surface area contributed by atoms with Crippen LogP contribution in [-0.2, 0) is 12.8 Å². The Morgan fingerprint density at radius 1 is 0.939 bits per heavy atom. The van der Waals surface area contributed by atoms with Crippen molar-refractivity contribution in [2.75, 3.05) is 5.32 Å². The number of carbonyl (C=O) groups excluding carboxylic acids is 1. The number of furan rings is 1. The van der Waals surface area contributed by atoms with E-state index in [2.05, 4.69) is 19.2 Å². The fourth-order valence-corrected chi connectivity index (χ4v) is 4.20. The first kappa shape index (κ1) is 22.3. The SMILES string of the molecule is CCc1cccc(CC)c1NC(=O)c1c(-c2ccco2)n(-c2ccc(C)cc2)c(C)cc1=O. The van der Waals surface area contributed by atoms with E-state index in [1.807, 2.05) is 60.9 Å².